The molecule has 28 heavy (non-hydrogen) atoms. The average molecular weight is 383 g/mol. The van der Waals surface area contributed by atoms with Gasteiger partial charge in [-0.2, -0.15) is 0 Å². The Morgan fingerprint density at radius 3 is 2.32 bits per heavy atom. The van der Waals surface area contributed by atoms with Gasteiger partial charge < -0.3 is 19.6 Å². The average Bonchev–Trinajstić information content (AvgIpc) is 2.74. The standard InChI is InChI=1S/C21H26FN5O/c1-24-8-10-27(11-9-24)21(28)19-16-17(6-7-23-19)25-12-14-26(15-13-25)20-5-3-2-4-18(20)22/h2-7,16H,8-15H2,1H3. The molecule has 2 fully saturated rings. The first-order chi connectivity index (χ1) is 13.6. The van der Waals surface area contributed by atoms with Crippen molar-refractivity contribution in [3.8, 4) is 0 Å². The van der Waals surface area contributed by atoms with E-state index in [4.69, 9.17) is 0 Å². The monoisotopic (exact) mass is 383 g/mol. The van der Waals surface area contributed by atoms with Crippen molar-refractivity contribution in [2.45, 2.75) is 0 Å². The Bertz CT molecular complexity index is 829. The molecule has 0 atom stereocenters. The van der Waals surface area contributed by atoms with E-state index in [1.165, 1.54) is 6.07 Å². The van der Waals surface area contributed by atoms with E-state index in [0.717, 1.165) is 58.0 Å². The summed E-state index contributed by atoms with van der Waals surface area (Å²) in [5.74, 6) is -0.181. The van der Waals surface area contributed by atoms with Crippen LogP contribution in [0.2, 0.25) is 0 Å². The Kier molecular flexibility index (Phi) is 5.43. The summed E-state index contributed by atoms with van der Waals surface area (Å²) in [4.78, 5) is 25.5. The number of likely N-dealkylation sites (N-methyl/N-ethyl adjacent to an activating group) is 1. The number of carbonyl (C=O) groups is 1. The maximum absolute atomic E-state index is 14.0. The van der Waals surface area contributed by atoms with Crippen molar-refractivity contribution < 1.29 is 9.18 Å². The third-order valence-electron chi connectivity index (χ3n) is 5.59. The van der Waals surface area contributed by atoms with Gasteiger partial charge in [0, 0.05) is 64.2 Å². The van der Waals surface area contributed by atoms with E-state index in [-0.39, 0.29) is 11.7 Å². The summed E-state index contributed by atoms with van der Waals surface area (Å²) in [5, 5.41) is 0. The highest BCUT2D eigenvalue weighted by molar-refractivity contribution is 5.93. The van der Waals surface area contributed by atoms with E-state index in [0.29, 0.717) is 11.4 Å². The van der Waals surface area contributed by atoms with Crippen LogP contribution in [0.5, 0.6) is 0 Å². The number of hydrogen-bond donors (Lipinski definition) is 0. The first kappa shape index (κ1) is 18.7. The molecule has 3 heterocycles. The lowest BCUT2D eigenvalue weighted by molar-refractivity contribution is 0.0658. The second-order valence-electron chi connectivity index (χ2n) is 7.42. The third-order valence-corrected chi connectivity index (χ3v) is 5.59. The molecule has 148 valence electrons. The second-order valence-corrected chi connectivity index (χ2v) is 7.42. The largest absolute Gasteiger partial charge is 0.368 e. The summed E-state index contributed by atoms with van der Waals surface area (Å²) in [7, 11) is 2.07. The van der Waals surface area contributed by atoms with Crippen LogP contribution in [0.4, 0.5) is 15.8 Å². The molecule has 4 rings (SSSR count). The van der Waals surface area contributed by atoms with Crippen LogP contribution in [0, 0.1) is 5.82 Å². The zero-order valence-electron chi connectivity index (χ0n) is 16.2. The zero-order chi connectivity index (χ0) is 19.5. The fourth-order valence-electron chi connectivity index (χ4n) is 3.82. The van der Waals surface area contributed by atoms with Gasteiger partial charge in [-0.1, -0.05) is 12.1 Å². The number of piperazine rings is 2. The third kappa shape index (κ3) is 3.94. The minimum absolute atomic E-state index is 0.0000531. The number of aromatic nitrogens is 1. The number of anilines is 2. The van der Waals surface area contributed by atoms with Crippen LogP contribution in [0.25, 0.3) is 0 Å². The molecule has 1 amide bonds. The van der Waals surface area contributed by atoms with Crippen molar-refractivity contribution in [1.82, 2.24) is 14.8 Å². The van der Waals surface area contributed by atoms with Crippen molar-refractivity contribution in [2.75, 3.05) is 69.2 Å². The summed E-state index contributed by atoms with van der Waals surface area (Å²) in [6, 6.07) is 10.7. The van der Waals surface area contributed by atoms with Gasteiger partial charge >= 0.3 is 0 Å². The van der Waals surface area contributed by atoms with E-state index in [9.17, 15) is 9.18 Å². The van der Waals surface area contributed by atoms with Crippen molar-refractivity contribution >= 4 is 17.3 Å². The highest BCUT2D eigenvalue weighted by atomic mass is 19.1. The van der Waals surface area contributed by atoms with E-state index in [1.807, 2.05) is 29.2 Å². The van der Waals surface area contributed by atoms with Crippen LogP contribution in [-0.4, -0.2) is 80.1 Å². The topological polar surface area (TPSA) is 42.9 Å². The fourth-order valence-corrected chi connectivity index (χ4v) is 3.82. The molecule has 7 heteroatoms. The lowest BCUT2D eigenvalue weighted by Gasteiger charge is -2.37. The van der Waals surface area contributed by atoms with Crippen LogP contribution in [0.3, 0.4) is 0 Å². The lowest BCUT2D eigenvalue weighted by Crippen LogP contribution is -2.48. The summed E-state index contributed by atoms with van der Waals surface area (Å²) < 4.78 is 14.0. The number of para-hydroxylation sites is 1. The first-order valence-electron chi connectivity index (χ1n) is 9.80. The molecule has 0 aliphatic carbocycles. The molecule has 1 aromatic heterocycles. The Morgan fingerprint density at radius 2 is 1.61 bits per heavy atom. The Hall–Kier alpha value is -2.67. The number of benzene rings is 1. The van der Waals surface area contributed by atoms with E-state index in [2.05, 4.69) is 26.7 Å². The van der Waals surface area contributed by atoms with Crippen LogP contribution < -0.4 is 9.80 Å². The molecule has 1 aromatic carbocycles. The predicted molar refractivity (Wildman–Crippen MR) is 108 cm³/mol. The van der Waals surface area contributed by atoms with Crippen molar-refractivity contribution in [3.05, 3.63) is 54.1 Å². The van der Waals surface area contributed by atoms with Gasteiger partial charge in [0.1, 0.15) is 11.5 Å². The van der Waals surface area contributed by atoms with Gasteiger partial charge in [0.25, 0.3) is 5.91 Å². The SMILES string of the molecule is CN1CCN(C(=O)c2cc(N3CCN(c4ccccc4F)CC3)ccn2)CC1. The molecule has 6 nitrogen and oxygen atoms in total. The molecule has 0 saturated carbocycles. The van der Waals surface area contributed by atoms with Crippen LogP contribution in [0.1, 0.15) is 10.5 Å². The molecular weight excluding hydrogens is 357 g/mol. The zero-order valence-corrected chi connectivity index (χ0v) is 16.2. The summed E-state index contributed by atoms with van der Waals surface area (Å²) in [5.41, 5.74) is 2.15. The van der Waals surface area contributed by atoms with Crippen LogP contribution in [0.15, 0.2) is 42.6 Å². The van der Waals surface area contributed by atoms with Gasteiger partial charge in [0.2, 0.25) is 0 Å². The van der Waals surface area contributed by atoms with Crippen LogP contribution >= 0.6 is 0 Å². The van der Waals surface area contributed by atoms with Crippen molar-refractivity contribution in [2.24, 2.45) is 0 Å². The molecule has 2 aliphatic rings. The Morgan fingerprint density at radius 1 is 0.929 bits per heavy atom. The van der Waals surface area contributed by atoms with Crippen molar-refractivity contribution in [3.63, 3.8) is 0 Å². The fraction of sp³-hybridized carbons (Fsp3) is 0.429. The number of carbonyl (C=O) groups excluding carboxylic acids is 1. The number of pyridine rings is 1. The summed E-state index contributed by atoms with van der Waals surface area (Å²) in [6.07, 6.45) is 1.71. The maximum atomic E-state index is 14.0. The van der Waals surface area contributed by atoms with E-state index >= 15 is 0 Å². The maximum Gasteiger partial charge on any atom is 0.272 e. The summed E-state index contributed by atoms with van der Waals surface area (Å²) in [6.45, 7) is 6.30. The molecule has 0 spiro atoms. The lowest BCUT2D eigenvalue weighted by atomic mass is 10.2. The molecule has 2 aliphatic heterocycles. The van der Waals surface area contributed by atoms with Gasteiger partial charge in [0.05, 0.1) is 5.69 Å². The Balaban J connectivity index is 1.41. The molecular formula is C21H26FN5O. The summed E-state index contributed by atoms with van der Waals surface area (Å²) >= 11 is 0. The predicted octanol–water partition coefficient (Wildman–Crippen LogP) is 1.93. The van der Waals surface area contributed by atoms with Crippen LogP contribution in [-0.2, 0) is 0 Å². The Labute approximate surface area is 165 Å². The van der Waals surface area contributed by atoms with Gasteiger partial charge in [-0.15, -0.1) is 0 Å². The van der Waals surface area contributed by atoms with Crippen molar-refractivity contribution in [1.29, 1.82) is 0 Å². The minimum Gasteiger partial charge on any atom is -0.368 e. The van der Waals surface area contributed by atoms with Gasteiger partial charge in [-0.3, -0.25) is 9.78 Å². The number of nitrogens with zero attached hydrogens (tertiary/aromatic N) is 5. The number of rotatable bonds is 3. The van der Waals surface area contributed by atoms with Gasteiger partial charge in [-0.25, -0.2) is 4.39 Å². The molecule has 0 bridgehead atoms. The number of halogens is 1. The molecule has 0 N–H and O–H groups in total. The minimum atomic E-state index is -0.181. The highest BCUT2D eigenvalue weighted by Crippen LogP contribution is 2.23. The molecule has 2 aromatic rings. The van der Waals surface area contributed by atoms with Gasteiger partial charge in [0.15, 0.2) is 0 Å². The molecule has 0 radical (unpaired) electrons. The first-order valence-corrected chi connectivity index (χ1v) is 9.80. The smallest absolute Gasteiger partial charge is 0.272 e. The highest BCUT2D eigenvalue weighted by Gasteiger charge is 2.23. The molecule has 2 saturated heterocycles. The molecule has 0 unspecified atom stereocenters. The van der Waals surface area contributed by atoms with E-state index in [1.54, 1.807) is 12.3 Å². The number of hydrogen-bond acceptors (Lipinski definition) is 5. The quantitative estimate of drug-likeness (QED) is 0.810. The van der Waals surface area contributed by atoms with E-state index < -0.39 is 0 Å². The second kappa shape index (κ2) is 8.14. The number of amides is 1. The van der Waals surface area contributed by atoms with Gasteiger partial charge in [-0.05, 0) is 31.3 Å². The normalized spacial score (nSPS) is 18.4.